The maximum absolute atomic E-state index is 12.6. The Balaban J connectivity index is 2.94. The zero-order valence-electron chi connectivity index (χ0n) is 8.41. The van der Waals surface area contributed by atoms with Crippen LogP contribution in [-0.2, 0) is 4.79 Å². The lowest BCUT2D eigenvalue weighted by Crippen LogP contribution is -2.35. The SMILES string of the molecule is O=C(C=C(S)c1ccccc1)C(F)(F)C(F)F. The lowest BCUT2D eigenvalue weighted by Gasteiger charge is -2.11. The van der Waals surface area contributed by atoms with E-state index in [4.69, 9.17) is 0 Å². The van der Waals surface area contributed by atoms with Gasteiger partial charge in [0.25, 0.3) is 0 Å². The number of thiol groups is 1. The smallest absolute Gasteiger partial charge is 0.288 e. The third kappa shape index (κ3) is 3.33. The monoisotopic (exact) mass is 264 g/mol. The fourth-order valence-corrected chi connectivity index (χ4v) is 1.29. The molecule has 6 heteroatoms. The number of hydrogen-bond acceptors (Lipinski definition) is 2. The molecule has 92 valence electrons. The molecule has 0 aromatic heterocycles. The summed E-state index contributed by atoms with van der Waals surface area (Å²) in [6.45, 7) is 0. The van der Waals surface area contributed by atoms with Gasteiger partial charge in [0.2, 0.25) is 5.78 Å². The first-order chi connectivity index (χ1) is 7.85. The molecule has 0 heterocycles. The Hall–Kier alpha value is -1.30. The molecule has 17 heavy (non-hydrogen) atoms. The average molecular weight is 264 g/mol. The van der Waals surface area contributed by atoms with E-state index in [0.717, 1.165) is 0 Å². The van der Waals surface area contributed by atoms with Gasteiger partial charge in [-0.05, 0) is 5.56 Å². The first-order valence-corrected chi connectivity index (χ1v) is 4.97. The predicted molar refractivity (Wildman–Crippen MR) is 59.4 cm³/mol. The van der Waals surface area contributed by atoms with Crippen LogP contribution in [-0.4, -0.2) is 18.1 Å². The van der Waals surface area contributed by atoms with Gasteiger partial charge in [0.05, 0.1) is 0 Å². The van der Waals surface area contributed by atoms with E-state index < -0.39 is 18.1 Å². The molecule has 1 rings (SSSR count). The zero-order chi connectivity index (χ0) is 13.1. The van der Waals surface area contributed by atoms with E-state index in [2.05, 4.69) is 12.6 Å². The minimum absolute atomic E-state index is 0.0871. The maximum atomic E-state index is 12.6. The molecule has 0 aliphatic heterocycles. The molecule has 0 atom stereocenters. The van der Waals surface area contributed by atoms with Crippen LogP contribution in [0.1, 0.15) is 5.56 Å². The van der Waals surface area contributed by atoms with Crippen molar-refractivity contribution in [3.63, 3.8) is 0 Å². The van der Waals surface area contributed by atoms with Crippen molar-refractivity contribution in [1.29, 1.82) is 0 Å². The van der Waals surface area contributed by atoms with Crippen LogP contribution in [0, 0.1) is 0 Å². The summed E-state index contributed by atoms with van der Waals surface area (Å²) in [4.78, 5) is 10.8. The summed E-state index contributed by atoms with van der Waals surface area (Å²) >= 11 is 3.82. The average Bonchev–Trinajstić information content (AvgIpc) is 2.29. The van der Waals surface area contributed by atoms with E-state index in [0.29, 0.717) is 11.6 Å². The van der Waals surface area contributed by atoms with Crippen molar-refractivity contribution < 1.29 is 22.4 Å². The molecular weight excluding hydrogens is 256 g/mol. The Bertz CT molecular complexity index is 428. The standard InChI is InChI=1S/C11H8F4OS/c12-10(13)11(14,15)9(16)6-8(17)7-4-2-1-3-5-7/h1-6,10,17H. The Labute approximate surface area is 101 Å². The number of hydrogen-bond donors (Lipinski definition) is 1. The van der Waals surface area contributed by atoms with Gasteiger partial charge in [-0.3, -0.25) is 4.79 Å². The topological polar surface area (TPSA) is 17.1 Å². The lowest BCUT2D eigenvalue weighted by molar-refractivity contribution is -0.161. The Morgan fingerprint density at radius 3 is 2.24 bits per heavy atom. The first kappa shape index (κ1) is 13.8. The number of carbonyl (C=O) groups is 1. The normalized spacial score (nSPS) is 12.9. The zero-order valence-corrected chi connectivity index (χ0v) is 9.30. The third-order valence-corrected chi connectivity index (χ3v) is 2.33. The van der Waals surface area contributed by atoms with Crippen LogP contribution in [0.5, 0.6) is 0 Å². The van der Waals surface area contributed by atoms with Gasteiger partial charge < -0.3 is 0 Å². The molecule has 1 aromatic carbocycles. The summed E-state index contributed by atoms with van der Waals surface area (Å²) in [7, 11) is 0. The van der Waals surface area contributed by atoms with Crippen molar-refractivity contribution in [2.24, 2.45) is 0 Å². The molecule has 1 aromatic rings. The number of halogens is 4. The van der Waals surface area contributed by atoms with Crippen molar-refractivity contribution in [3.05, 3.63) is 42.0 Å². The summed E-state index contributed by atoms with van der Waals surface area (Å²) in [6, 6.07) is 7.93. The fourth-order valence-electron chi connectivity index (χ4n) is 1.02. The molecule has 0 unspecified atom stereocenters. The van der Waals surface area contributed by atoms with Gasteiger partial charge in [0.1, 0.15) is 0 Å². The van der Waals surface area contributed by atoms with Gasteiger partial charge in [-0.15, -0.1) is 12.6 Å². The Kier molecular flexibility index (Phi) is 4.34. The molecule has 0 aliphatic rings. The van der Waals surface area contributed by atoms with Gasteiger partial charge in [-0.1, -0.05) is 30.3 Å². The quantitative estimate of drug-likeness (QED) is 0.501. The van der Waals surface area contributed by atoms with Crippen molar-refractivity contribution in [2.75, 3.05) is 0 Å². The van der Waals surface area contributed by atoms with Crippen molar-refractivity contribution in [1.82, 2.24) is 0 Å². The molecule has 0 bridgehead atoms. The van der Waals surface area contributed by atoms with E-state index in [1.54, 1.807) is 18.2 Å². The summed E-state index contributed by atoms with van der Waals surface area (Å²) in [6.07, 6.45) is -3.62. The summed E-state index contributed by atoms with van der Waals surface area (Å²) < 4.78 is 49.1. The van der Waals surface area contributed by atoms with Crippen LogP contribution in [0.3, 0.4) is 0 Å². The Morgan fingerprint density at radius 1 is 1.24 bits per heavy atom. The highest BCUT2D eigenvalue weighted by atomic mass is 32.1. The van der Waals surface area contributed by atoms with Crippen molar-refractivity contribution in [3.8, 4) is 0 Å². The summed E-state index contributed by atoms with van der Waals surface area (Å²) in [5.41, 5.74) is 0.397. The largest absolute Gasteiger partial charge is 0.368 e. The Morgan fingerprint density at radius 2 is 1.76 bits per heavy atom. The minimum atomic E-state index is -4.68. The molecule has 0 fully saturated rings. The number of carbonyl (C=O) groups excluding carboxylic acids is 1. The van der Waals surface area contributed by atoms with E-state index in [1.807, 2.05) is 0 Å². The van der Waals surface area contributed by atoms with E-state index in [9.17, 15) is 22.4 Å². The molecule has 0 radical (unpaired) electrons. The molecule has 0 aliphatic carbocycles. The number of alkyl halides is 4. The second-order valence-electron chi connectivity index (χ2n) is 3.18. The third-order valence-electron chi connectivity index (χ3n) is 1.94. The summed E-state index contributed by atoms with van der Waals surface area (Å²) in [5.74, 6) is -6.63. The molecule has 0 amide bonds. The molecule has 1 nitrogen and oxygen atoms in total. The predicted octanol–water partition coefficient (Wildman–Crippen LogP) is 3.43. The van der Waals surface area contributed by atoms with Crippen LogP contribution in [0.2, 0.25) is 0 Å². The number of allylic oxidation sites excluding steroid dienone is 1. The fraction of sp³-hybridized carbons (Fsp3) is 0.182. The van der Waals surface area contributed by atoms with Gasteiger partial charge in [-0.25, -0.2) is 8.78 Å². The highest BCUT2D eigenvalue weighted by molar-refractivity contribution is 7.90. The van der Waals surface area contributed by atoms with Crippen LogP contribution in [0.15, 0.2) is 36.4 Å². The van der Waals surface area contributed by atoms with Crippen molar-refractivity contribution in [2.45, 2.75) is 12.3 Å². The number of ketones is 1. The second-order valence-corrected chi connectivity index (χ2v) is 3.67. The highest BCUT2D eigenvalue weighted by Crippen LogP contribution is 2.27. The summed E-state index contributed by atoms with van der Waals surface area (Å²) in [5, 5.41) is 0. The maximum Gasteiger partial charge on any atom is 0.368 e. The molecule has 0 N–H and O–H groups in total. The highest BCUT2D eigenvalue weighted by Gasteiger charge is 2.47. The van der Waals surface area contributed by atoms with Crippen LogP contribution in [0.4, 0.5) is 17.6 Å². The van der Waals surface area contributed by atoms with E-state index >= 15 is 0 Å². The lowest BCUT2D eigenvalue weighted by atomic mass is 10.1. The van der Waals surface area contributed by atoms with Crippen LogP contribution >= 0.6 is 12.6 Å². The first-order valence-electron chi connectivity index (χ1n) is 4.52. The van der Waals surface area contributed by atoms with Gasteiger partial charge >= 0.3 is 12.3 Å². The minimum Gasteiger partial charge on any atom is -0.288 e. The number of benzene rings is 1. The molecule has 0 saturated carbocycles. The van der Waals surface area contributed by atoms with Crippen LogP contribution < -0.4 is 0 Å². The second kappa shape index (κ2) is 5.35. The molecule has 0 spiro atoms. The molecular formula is C11H8F4OS. The van der Waals surface area contributed by atoms with Gasteiger partial charge in [0.15, 0.2) is 0 Å². The van der Waals surface area contributed by atoms with Crippen molar-refractivity contribution >= 4 is 23.3 Å². The number of rotatable bonds is 4. The van der Waals surface area contributed by atoms with E-state index in [1.165, 1.54) is 12.1 Å². The van der Waals surface area contributed by atoms with Crippen LogP contribution in [0.25, 0.3) is 4.91 Å². The van der Waals surface area contributed by atoms with Gasteiger partial charge in [0, 0.05) is 11.0 Å². The van der Waals surface area contributed by atoms with E-state index in [-0.39, 0.29) is 4.91 Å². The molecule has 0 saturated heterocycles. The van der Waals surface area contributed by atoms with Gasteiger partial charge in [-0.2, -0.15) is 8.78 Å².